The first-order valence-corrected chi connectivity index (χ1v) is 7.58. The molecule has 0 fully saturated rings. The zero-order valence-electron chi connectivity index (χ0n) is 12.4. The van der Waals surface area contributed by atoms with Crippen LogP contribution in [-0.4, -0.2) is 43.8 Å². The third kappa shape index (κ3) is 3.17. The highest BCUT2D eigenvalue weighted by Crippen LogP contribution is 2.20. The number of hydrogen-bond donors (Lipinski definition) is 1. The lowest BCUT2D eigenvalue weighted by Gasteiger charge is -2.29. The van der Waals surface area contributed by atoms with Gasteiger partial charge in [0.1, 0.15) is 12.2 Å². The first kappa shape index (κ1) is 14.7. The normalized spacial score (nSPS) is 17.0. The Labute approximate surface area is 129 Å². The molecule has 2 heterocycles. The number of amides is 1. The van der Waals surface area contributed by atoms with Gasteiger partial charge in [0.15, 0.2) is 0 Å². The second-order valence-electron chi connectivity index (χ2n) is 5.56. The number of hydrogen-bond acceptors (Lipinski definition) is 4. The van der Waals surface area contributed by atoms with Gasteiger partial charge in [-0.1, -0.05) is 30.3 Å². The van der Waals surface area contributed by atoms with Gasteiger partial charge in [0.2, 0.25) is 5.91 Å². The van der Waals surface area contributed by atoms with Crippen LogP contribution in [0.15, 0.2) is 36.7 Å². The van der Waals surface area contributed by atoms with Gasteiger partial charge >= 0.3 is 0 Å². The van der Waals surface area contributed by atoms with Crippen molar-refractivity contribution in [1.29, 1.82) is 0 Å². The monoisotopic (exact) mass is 300 g/mol. The zero-order chi connectivity index (χ0) is 15.4. The molecule has 0 saturated heterocycles. The van der Waals surface area contributed by atoms with E-state index in [0.29, 0.717) is 19.6 Å². The molecule has 1 amide bonds. The van der Waals surface area contributed by atoms with Gasteiger partial charge < -0.3 is 10.0 Å². The zero-order valence-corrected chi connectivity index (χ0v) is 12.4. The Hall–Kier alpha value is -2.21. The third-order valence-corrected chi connectivity index (χ3v) is 4.05. The fourth-order valence-corrected chi connectivity index (χ4v) is 2.89. The van der Waals surface area contributed by atoms with E-state index in [1.807, 2.05) is 35.0 Å². The number of aryl methyl sites for hydroxylation is 1. The summed E-state index contributed by atoms with van der Waals surface area (Å²) >= 11 is 0. The van der Waals surface area contributed by atoms with Crippen molar-refractivity contribution in [1.82, 2.24) is 19.7 Å². The van der Waals surface area contributed by atoms with Crippen LogP contribution in [0.3, 0.4) is 0 Å². The molecule has 0 spiro atoms. The number of nitrogens with zero attached hydrogens (tertiary/aromatic N) is 4. The molecule has 22 heavy (non-hydrogen) atoms. The van der Waals surface area contributed by atoms with Crippen molar-refractivity contribution in [2.45, 2.75) is 25.9 Å². The SMILES string of the molecule is O=C(C1CCc2ncnn2C1)N(CCO)Cc1ccccc1. The van der Waals surface area contributed by atoms with Crippen molar-refractivity contribution in [2.24, 2.45) is 5.92 Å². The molecule has 3 rings (SSSR count). The van der Waals surface area contributed by atoms with E-state index in [1.54, 1.807) is 4.90 Å². The summed E-state index contributed by atoms with van der Waals surface area (Å²) in [5.74, 6) is 0.935. The van der Waals surface area contributed by atoms with Crippen molar-refractivity contribution in [3.8, 4) is 0 Å². The average molecular weight is 300 g/mol. The number of benzene rings is 1. The molecule has 1 unspecified atom stereocenters. The Morgan fingerprint density at radius 1 is 1.36 bits per heavy atom. The number of aromatic nitrogens is 3. The number of fused-ring (bicyclic) bond motifs is 1. The van der Waals surface area contributed by atoms with E-state index in [1.165, 1.54) is 6.33 Å². The molecule has 0 aliphatic carbocycles. The Kier molecular flexibility index (Phi) is 4.48. The van der Waals surface area contributed by atoms with Crippen molar-refractivity contribution in [2.75, 3.05) is 13.2 Å². The summed E-state index contributed by atoms with van der Waals surface area (Å²) in [5.41, 5.74) is 1.07. The predicted octanol–water partition coefficient (Wildman–Crippen LogP) is 0.862. The lowest BCUT2D eigenvalue weighted by Crippen LogP contribution is -2.41. The molecule has 1 aromatic carbocycles. The molecule has 0 radical (unpaired) electrons. The molecular formula is C16H20N4O2. The maximum atomic E-state index is 12.8. The van der Waals surface area contributed by atoms with Crippen LogP contribution in [-0.2, 0) is 24.3 Å². The van der Waals surface area contributed by atoms with Crippen LogP contribution in [0.2, 0.25) is 0 Å². The summed E-state index contributed by atoms with van der Waals surface area (Å²) in [6, 6.07) is 9.86. The van der Waals surface area contributed by atoms with Crippen LogP contribution in [0.4, 0.5) is 0 Å². The van der Waals surface area contributed by atoms with Crippen LogP contribution in [0.1, 0.15) is 17.8 Å². The molecule has 1 aliphatic rings. The fraction of sp³-hybridized carbons (Fsp3) is 0.438. The van der Waals surface area contributed by atoms with Crippen molar-refractivity contribution in [3.63, 3.8) is 0 Å². The van der Waals surface area contributed by atoms with Gasteiger partial charge in [-0.15, -0.1) is 0 Å². The van der Waals surface area contributed by atoms with Gasteiger partial charge in [-0.05, 0) is 12.0 Å². The molecule has 1 atom stereocenters. The maximum Gasteiger partial charge on any atom is 0.227 e. The summed E-state index contributed by atoms with van der Waals surface area (Å²) in [4.78, 5) is 18.7. The maximum absolute atomic E-state index is 12.8. The lowest BCUT2D eigenvalue weighted by molar-refractivity contribution is -0.137. The Bertz CT molecular complexity index is 626. The van der Waals surface area contributed by atoms with Crippen molar-refractivity contribution >= 4 is 5.91 Å². The number of aliphatic hydroxyl groups is 1. The van der Waals surface area contributed by atoms with E-state index < -0.39 is 0 Å². The molecule has 1 aliphatic heterocycles. The van der Waals surface area contributed by atoms with E-state index in [2.05, 4.69) is 10.1 Å². The Balaban J connectivity index is 1.70. The molecule has 116 valence electrons. The highest BCUT2D eigenvalue weighted by Gasteiger charge is 2.29. The lowest BCUT2D eigenvalue weighted by atomic mass is 9.98. The molecule has 6 nitrogen and oxygen atoms in total. The number of carbonyl (C=O) groups excluding carboxylic acids is 1. The third-order valence-electron chi connectivity index (χ3n) is 4.05. The highest BCUT2D eigenvalue weighted by atomic mass is 16.3. The van der Waals surface area contributed by atoms with E-state index in [9.17, 15) is 9.90 Å². The van der Waals surface area contributed by atoms with Crippen LogP contribution in [0.25, 0.3) is 0 Å². The standard InChI is InChI=1S/C16H20N4O2/c21-9-8-19(10-13-4-2-1-3-5-13)16(22)14-6-7-15-17-12-18-20(15)11-14/h1-5,12,14,21H,6-11H2. The summed E-state index contributed by atoms with van der Waals surface area (Å²) in [6.07, 6.45) is 3.10. The second-order valence-corrected chi connectivity index (χ2v) is 5.56. The largest absolute Gasteiger partial charge is 0.395 e. The average Bonchev–Trinajstić information content (AvgIpc) is 3.02. The smallest absolute Gasteiger partial charge is 0.227 e. The molecule has 0 bridgehead atoms. The van der Waals surface area contributed by atoms with Gasteiger partial charge in [-0.3, -0.25) is 4.79 Å². The number of rotatable bonds is 5. The van der Waals surface area contributed by atoms with Crippen LogP contribution < -0.4 is 0 Å². The minimum atomic E-state index is -0.0931. The Morgan fingerprint density at radius 2 is 2.18 bits per heavy atom. The first-order chi connectivity index (χ1) is 10.8. The molecule has 1 aromatic heterocycles. The highest BCUT2D eigenvalue weighted by molar-refractivity contribution is 5.79. The molecule has 6 heteroatoms. The quantitative estimate of drug-likeness (QED) is 0.889. The molecule has 2 aromatic rings. The minimum Gasteiger partial charge on any atom is -0.395 e. The van der Waals surface area contributed by atoms with Gasteiger partial charge in [0.25, 0.3) is 0 Å². The second kappa shape index (κ2) is 6.70. The number of carbonyl (C=O) groups is 1. The van der Waals surface area contributed by atoms with Crippen LogP contribution in [0.5, 0.6) is 0 Å². The van der Waals surface area contributed by atoms with Crippen molar-refractivity contribution < 1.29 is 9.90 Å². The van der Waals surface area contributed by atoms with E-state index >= 15 is 0 Å². The molecular weight excluding hydrogens is 280 g/mol. The van der Waals surface area contributed by atoms with Gasteiger partial charge in [0, 0.05) is 19.5 Å². The summed E-state index contributed by atoms with van der Waals surface area (Å²) in [6.45, 7) is 1.43. The molecule has 1 N–H and O–H groups in total. The van der Waals surface area contributed by atoms with Crippen LogP contribution in [0, 0.1) is 5.92 Å². The van der Waals surface area contributed by atoms with E-state index in [4.69, 9.17) is 0 Å². The summed E-state index contributed by atoms with van der Waals surface area (Å²) < 4.78 is 1.81. The topological polar surface area (TPSA) is 71.2 Å². The van der Waals surface area contributed by atoms with Gasteiger partial charge in [0.05, 0.1) is 19.1 Å². The van der Waals surface area contributed by atoms with Gasteiger partial charge in [-0.25, -0.2) is 9.67 Å². The van der Waals surface area contributed by atoms with E-state index in [0.717, 1.165) is 24.2 Å². The predicted molar refractivity (Wildman–Crippen MR) is 80.8 cm³/mol. The first-order valence-electron chi connectivity index (χ1n) is 7.58. The van der Waals surface area contributed by atoms with E-state index in [-0.39, 0.29) is 18.4 Å². The fourth-order valence-electron chi connectivity index (χ4n) is 2.89. The van der Waals surface area contributed by atoms with Gasteiger partial charge in [-0.2, -0.15) is 5.10 Å². The van der Waals surface area contributed by atoms with Crippen LogP contribution >= 0.6 is 0 Å². The Morgan fingerprint density at radius 3 is 2.95 bits per heavy atom. The molecule has 0 saturated carbocycles. The summed E-state index contributed by atoms with van der Waals surface area (Å²) in [7, 11) is 0. The number of aliphatic hydroxyl groups excluding tert-OH is 1. The van der Waals surface area contributed by atoms with Crippen molar-refractivity contribution in [3.05, 3.63) is 48.0 Å². The minimum absolute atomic E-state index is 0.0279. The summed E-state index contributed by atoms with van der Waals surface area (Å²) in [5, 5.41) is 13.4.